The summed E-state index contributed by atoms with van der Waals surface area (Å²) in [5.74, 6) is 0.323. The number of sulfone groups is 1. The van der Waals surface area contributed by atoms with Gasteiger partial charge in [-0.3, -0.25) is 10.2 Å². The van der Waals surface area contributed by atoms with Gasteiger partial charge in [0.15, 0.2) is 9.84 Å². The lowest BCUT2D eigenvalue weighted by Gasteiger charge is -2.47. The Morgan fingerprint density at radius 1 is 0.727 bits per heavy atom. The molecule has 0 rings (SSSR count). The molecule has 6 nitrogen and oxygen atoms in total. The third-order valence-corrected chi connectivity index (χ3v) is 7.12. The Hall–Kier alpha value is -0.210. The first-order valence-electron chi connectivity index (χ1n) is 12.6. The summed E-state index contributed by atoms with van der Waals surface area (Å²) in [6.07, 6.45) is 2.77. The quantitative estimate of drug-likeness (QED) is 0.238. The van der Waals surface area contributed by atoms with E-state index in [4.69, 9.17) is 9.47 Å². The highest BCUT2D eigenvalue weighted by Gasteiger charge is 2.35. The monoisotopic (exact) mass is 492 g/mol. The molecular weight excluding hydrogens is 436 g/mol. The van der Waals surface area contributed by atoms with Crippen molar-refractivity contribution in [3.63, 3.8) is 0 Å². The molecule has 0 radical (unpaired) electrons. The van der Waals surface area contributed by atoms with Crippen LogP contribution in [0.15, 0.2) is 0 Å². The van der Waals surface area contributed by atoms with E-state index in [1.807, 2.05) is 0 Å². The van der Waals surface area contributed by atoms with Gasteiger partial charge in [-0.1, -0.05) is 41.5 Å². The van der Waals surface area contributed by atoms with Crippen molar-refractivity contribution in [3.05, 3.63) is 0 Å². The minimum Gasteiger partial charge on any atom is -0.381 e. The van der Waals surface area contributed by atoms with Crippen molar-refractivity contribution < 1.29 is 17.9 Å². The maximum Gasteiger partial charge on any atom is 0.151 e. The molecule has 1 N–H and O–H groups in total. The predicted octanol–water partition coefficient (Wildman–Crippen LogP) is 5.12. The average molecular weight is 493 g/mol. The molecule has 7 heteroatoms. The van der Waals surface area contributed by atoms with Crippen LogP contribution in [-0.4, -0.2) is 75.5 Å². The first kappa shape index (κ1) is 32.8. The summed E-state index contributed by atoms with van der Waals surface area (Å²) >= 11 is 0. The molecule has 0 unspecified atom stereocenters. The fraction of sp³-hybridized carbons (Fsp3) is 1.00. The Labute approximate surface area is 206 Å². The number of nitrogens with one attached hydrogen (secondary N) is 1. The van der Waals surface area contributed by atoms with E-state index < -0.39 is 9.84 Å². The molecule has 0 atom stereocenters. The second-order valence-corrected chi connectivity index (χ2v) is 15.5. The molecule has 0 saturated heterocycles. The van der Waals surface area contributed by atoms with Crippen LogP contribution in [0.4, 0.5) is 0 Å². The Bertz CT molecular complexity index is 626. The van der Waals surface area contributed by atoms with Crippen LogP contribution in [0.2, 0.25) is 0 Å². The van der Waals surface area contributed by atoms with Crippen LogP contribution >= 0.6 is 0 Å². The highest BCUT2D eigenvalue weighted by atomic mass is 32.2. The van der Waals surface area contributed by atoms with E-state index in [1.54, 1.807) is 0 Å². The minimum atomic E-state index is -3.13. The maximum atomic E-state index is 12.7. The number of hydrogen-bond acceptors (Lipinski definition) is 6. The fourth-order valence-corrected chi connectivity index (χ4v) is 5.10. The van der Waals surface area contributed by atoms with Gasteiger partial charge in [0.05, 0.1) is 30.4 Å². The Kier molecular flexibility index (Phi) is 13.7. The summed E-state index contributed by atoms with van der Waals surface area (Å²) in [6.45, 7) is 27.5. The van der Waals surface area contributed by atoms with Crippen molar-refractivity contribution in [1.82, 2.24) is 10.2 Å². The van der Waals surface area contributed by atoms with Crippen molar-refractivity contribution in [2.45, 2.75) is 107 Å². The fourth-order valence-electron chi connectivity index (χ4n) is 3.88. The molecule has 33 heavy (non-hydrogen) atoms. The van der Waals surface area contributed by atoms with E-state index in [0.29, 0.717) is 38.2 Å². The lowest BCUT2D eigenvalue weighted by atomic mass is 9.91. The lowest BCUT2D eigenvalue weighted by Crippen LogP contribution is -2.62. The second-order valence-electron chi connectivity index (χ2n) is 13.2. The molecule has 0 aliphatic heterocycles. The zero-order valence-corrected chi connectivity index (χ0v) is 24.6. The summed E-state index contributed by atoms with van der Waals surface area (Å²) in [6, 6.07) is 0. The number of nitrogens with zero attached hydrogens (tertiary/aromatic N) is 1. The van der Waals surface area contributed by atoms with E-state index in [0.717, 1.165) is 26.0 Å². The molecule has 0 amide bonds. The number of hydrogen-bond donors (Lipinski definition) is 1. The third-order valence-electron chi connectivity index (χ3n) is 5.41. The van der Waals surface area contributed by atoms with Gasteiger partial charge in [-0.15, -0.1) is 0 Å². The van der Waals surface area contributed by atoms with Gasteiger partial charge in [0.2, 0.25) is 0 Å². The Morgan fingerprint density at radius 2 is 1.30 bits per heavy atom. The molecule has 200 valence electrons. The summed E-state index contributed by atoms with van der Waals surface area (Å²) in [7, 11) is -3.13. The van der Waals surface area contributed by atoms with Gasteiger partial charge in [0.25, 0.3) is 0 Å². The number of rotatable bonds is 16. The summed E-state index contributed by atoms with van der Waals surface area (Å²) in [5.41, 5.74) is -0.0769. The largest absolute Gasteiger partial charge is 0.381 e. The van der Waals surface area contributed by atoms with Crippen LogP contribution in [0.1, 0.15) is 95.4 Å². The third kappa shape index (κ3) is 17.8. The molecule has 0 aromatic rings. The predicted molar refractivity (Wildman–Crippen MR) is 142 cm³/mol. The first-order chi connectivity index (χ1) is 14.8. The zero-order chi connectivity index (χ0) is 26.0. The first-order valence-corrected chi connectivity index (χ1v) is 14.5. The molecule has 0 aliphatic carbocycles. The summed E-state index contributed by atoms with van der Waals surface area (Å²) in [4.78, 5) is 2.24. The van der Waals surface area contributed by atoms with Crippen molar-refractivity contribution in [3.8, 4) is 0 Å². The molecule has 0 bridgehead atoms. The molecule has 0 spiro atoms. The van der Waals surface area contributed by atoms with Gasteiger partial charge in [0, 0.05) is 31.8 Å². The van der Waals surface area contributed by atoms with Crippen LogP contribution in [0.5, 0.6) is 0 Å². The van der Waals surface area contributed by atoms with Crippen molar-refractivity contribution in [1.29, 1.82) is 0 Å². The SMILES string of the molecule is CC(C)(C)CCCOCCNC(C)(C)N(CCS(=O)(=O)CCCOCC(C)(C)C)C(C)(C)C. The zero-order valence-electron chi connectivity index (χ0n) is 23.8. The van der Waals surface area contributed by atoms with Gasteiger partial charge in [0.1, 0.15) is 0 Å². The smallest absolute Gasteiger partial charge is 0.151 e. The van der Waals surface area contributed by atoms with Crippen LogP contribution in [0.25, 0.3) is 0 Å². The highest BCUT2D eigenvalue weighted by Crippen LogP contribution is 2.23. The molecule has 0 aliphatic rings. The van der Waals surface area contributed by atoms with Crippen molar-refractivity contribution in [2.75, 3.05) is 51.0 Å². The molecule has 0 heterocycles. The minimum absolute atomic E-state index is 0.0993. The van der Waals surface area contributed by atoms with Gasteiger partial charge in [-0.2, -0.15) is 0 Å². The summed E-state index contributed by atoms with van der Waals surface area (Å²) in [5, 5.41) is 3.57. The van der Waals surface area contributed by atoms with E-state index in [1.165, 1.54) is 0 Å². The average Bonchev–Trinajstić information content (AvgIpc) is 2.57. The van der Waals surface area contributed by atoms with Gasteiger partial charge in [-0.05, 0) is 64.7 Å². The molecule has 0 aromatic carbocycles. The van der Waals surface area contributed by atoms with Crippen LogP contribution in [-0.2, 0) is 19.3 Å². The molecular formula is C26H56N2O4S. The van der Waals surface area contributed by atoms with E-state index in [2.05, 4.69) is 86.4 Å². The highest BCUT2D eigenvalue weighted by molar-refractivity contribution is 7.91. The maximum absolute atomic E-state index is 12.7. The molecule has 0 aromatic heterocycles. The van der Waals surface area contributed by atoms with Gasteiger partial charge in [-0.25, -0.2) is 8.42 Å². The Balaban J connectivity index is 4.55. The summed E-state index contributed by atoms with van der Waals surface area (Å²) < 4.78 is 36.7. The van der Waals surface area contributed by atoms with E-state index in [-0.39, 0.29) is 28.1 Å². The lowest BCUT2D eigenvalue weighted by molar-refractivity contribution is 0.00459. The van der Waals surface area contributed by atoms with Crippen LogP contribution < -0.4 is 5.32 Å². The normalized spacial score (nSPS) is 14.3. The van der Waals surface area contributed by atoms with Crippen LogP contribution in [0.3, 0.4) is 0 Å². The second kappa shape index (κ2) is 13.8. The Morgan fingerprint density at radius 3 is 1.82 bits per heavy atom. The standard InChI is InChI=1S/C26H56N2O4S/c1-23(2,3)14-12-17-31-19-15-27-26(10,11)28(25(7,8)9)16-21-33(29,30)20-13-18-32-22-24(4,5)6/h27H,12-22H2,1-11H3. The van der Waals surface area contributed by atoms with Gasteiger partial charge < -0.3 is 9.47 Å². The van der Waals surface area contributed by atoms with Gasteiger partial charge >= 0.3 is 0 Å². The van der Waals surface area contributed by atoms with E-state index >= 15 is 0 Å². The number of ether oxygens (including phenoxy) is 2. The van der Waals surface area contributed by atoms with Crippen molar-refractivity contribution in [2.24, 2.45) is 10.8 Å². The van der Waals surface area contributed by atoms with Crippen molar-refractivity contribution >= 4 is 9.84 Å². The topological polar surface area (TPSA) is 67.9 Å². The molecule has 0 saturated carbocycles. The van der Waals surface area contributed by atoms with E-state index in [9.17, 15) is 8.42 Å². The van der Waals surface area contributed by atoms with Crippen LogP contribution in [0, 0.1) is 10.8 Å². The molecule has 0 fully saturated rings.